The predicted octanol–water partition coefficient (Wildman–Crippen LogP) is 1.85. The highest BCUT2D eigenvalue weighted by Crippen LogP contribution is 2.13. The summed E-state index contributed by atoms with van der Waals surface area (Å²) in [4.78, 5) is 0. The molecule has 0 aliphatic carbocycles. The van der Waals surface area contributed by atoms with E-state index in [1.54, 1.807) is 12.1 Å². The molecule has 0 atom stereocenters. The van der Waals surface area contributed by atoms with E-state index in [1.165, 1.54) is 12.1 Å². The summed E-state index contributed by atoms with van der Waals surface area (Å²) in [6.45, 7) is 0.139. The molecule has 0 aliphatic heterocycles. The Morgan fingerprint density at radius 1 is 1.12 bits per heavy atom. The van der Waals surface area contributed by atoms with Gasteiger partial charge in [-0.2, -0.15) is 5.26 Å². The van der Waals surface area contributed by atoms with Crippen LogP contribution in [0.15, 0.2) is 42.5 Å². The van der Waals surface area contributed by atoms with Gasteiger partial charge in [0.15, 0.2) is 0 Å². The molecule has 0 amide bonds. The van der Waals surface area contributed by atoms with Crippen molar-refractivity contribution in [3.8, 4) is 6.07 Å². The van der Waals surface area contributed by atoms with Crippen molar-refractivity contribution < 1.29 is 17.9 Å². The molecular weight excluding hydrogens is 331 g/mol. The van der Waals surface area contributed by atoms with Crippen LogP contribution in [0.2, 0.25) is 0 Å². The monoisotopic (exact) mass is 348 g/mol. The van der Waals surface area contributed by atoms with Gasteiger partial charge in [0.2, 0.25) is 10.0 Å². The first-order valence-electron chi connectivity index (χ1n) is 7.28. The van der Waals surface area contributed by atoms with Crippen molar-refractivity contribution in [1.82, 2.24) is 4.72 Å². The van der Waals surface area contributed by atoms with Crippen LogP contribution in [0.4, 0.5) is 4.39 Å². The van der Waals surface area contributed by atoms with Gasteiger partial charge in [-0.15, -0.1) is 0 Å². The molecular formula is C17H17FN2O3S. The molecule has 5 nitrogen and oxygen atoms in total. The molecule has 0 fully saturated rings. The summed E-state index contributed by atoms with van der Waals surface area (Å²) in [5, 5.41) is 17.8. The number of rotatable bonds is 7. The van der Waals surface area contributed by atoms with Gasteiger partial charge in [-0.25, -0.2) is 17.5 Å². The van der Waals surface area contributed by atoms with Gasteiger partial charge in [0.25, 0.3) is 0 Å². The minimum absolute atomic E-state index is 0.0335. The van der Waals surface area contributed by atoms with Crippen molar-refractivity contribution in [2.75, 3.05) is 6.54 Å². The molecule has 2 aromatic carbocycles. The Hall–Kier alpha value is -2.27. The first-order chi connectivity index (χ1) is 11.4. The Kier molecular flexibility index (Phi) is 6.04. The first-order valence-corrected chi connectivity index (χ1v) is 8.93. The second-order valence-electron chi connectivity index (χ2n) is 5.30. The first kappa shape index (κ1) is 18.1. The van der Waals surface area contributed by atoms with Gasteiger partial charge in [-0.05, 0) is 35.7 Å². The van der Waals surface area contributed by atoms with Gasteiger partial charge in [0.1, 0.15) is 5.82 Å². The van der Waals surface area contributed by atoms with Gasteiger partial charge in [0.05, 0.1) is 24.0 Å². The topological polar surface area (TPSA) is 90.2 Å². The number of halogens is 1. The lowest BCUT2D eigenvalue weighted by molar-refractivity contribution is 0.282. The average molecular weight is 348 g/mol. The van der Waals surface area contributed by atoms with Crippen LogP contribution in [-0.2, 0) is 28.8 Å². The third-order valence-corrected chi connectivity index (χ3v) is 4.80. The summed E-state index contributed by atoms with van der Waals surface area (Å²) in [6.07, 6.45) is 0.478. The number of nitrogens with zero attached hydrogens (tertiary/aromatic N) is 1. The number of nitriles is 1. The van der Waals surface area contributed by atoms with Gasteiger partial charge in [-0.1, -0.05) is 24.3 Å². The Morgan fingerprint density at radius 2 is 1.79 bits per heavy atom. The van der Waals surface area contributed by atoms with Crippen molar-refractivity contribution in [1.29, 1.82) is 5.26 Å². The predicted molar refractivity (Wildman–Crippen MR) is 87.8 cm³/mol. The van der Waals surface area contributed by atoms with E-state index < -0.39 is 21.6 Å². The molecule has 0 saturated carbocycles. The summed E-state index contributed by atoms with van der Waals surface area (Å²) in [6, 6.07) is 12.7. The minimum Gasteiger partial charge on any atom is -0.392 e. The van der Waals surface area contributed by atoms with Crippen LogP contribution < -0.4 is 4.72 Å². The van der Waals surface area contributed by atoms with Gasteiger partial charge in [-0.3, -0.25) is 0 Å². The zero-order chi connectivity index (χ0) is 17.6. The van der Waals surface area contributed by atoms with Gasteiger partial charge in [0, 0.05) is 12.1 Å². The lowest BCUT2D eigenvalue weighted by atomic mass is 10.1. The summed E-state index contributed by atoms with van der Waals surface area (Å²) in [5.41, 5.74) is 1.89. The number of sulfonamides is 1. The van der Waals surface area contributed by atoms with E-state index in [4.69, 9.17) is 10.4 Å². The highest BCUT2D eigenvalue weighted by Gasteiger charge is 2.15. The number of aliphatic hydroxyl groups excluding tert-OH is 1. The van der Waals surface area contributed by atoms with Crippen molar-refractivity contribution in [3.63, 3.8) is 0 Å². The molecule has 7 heteroatoms. The number of aliphatic hydroxyl groups is 1. The Bertz CT molecular complexity index is 843. The molecule has 0 saturated heterocycles. The molecule has 0 heterocycles. The Morgan fingerprint density at radius 3 is 2.42 bits per heavy atom. The van der Waals surface area contributed by atoms with Crippen LogP contribution in [-0.4, -0.2) is 20.1 Å². The summed E-state index contributed by atoms with van der Waals surface area (Å²) in [7, 11) is -3.70. The number of nitrogens with one attached hydrogen (secondary N) is 1. The molecule has 126 valence electrons. The maximum atomic E-state index is 13.7. The van der Waals surface area contributed by atoms with Crippen LogP contribution in [0.3, 0.4) is 0 Å². The SMILES string of the molecule is N#Cc1ccc(F)c(CS(=O)(=O)NCCc2ccc(CO)cc2)c1. The third kappa shape index (κ3) is 5.13. The third-order valence-electron chi connectivity index (χ3n) is 3.46. The van der Waals surface area contributed by atoms with Crippen molar-refractivity contribution in [3.05, 3.63) is 70.5 Å². The second kappa shape index (κ2) is 8.02. The molecule has 2 rings (SSSR count). The van der Waals surface area contributed by atoms with Crippen molar-refractivity contribution in [2.45, 2.75) is 18.8 Å². The van der Waals surface area contributed by atoms with E-state index in [0.29, 0.717) is 6.42 Å². The van der Waals surface area contributed by atoms with Crippen LogP contribution in [0.1, 0.15) is 22.3 Å². The lowest BCUT2D eigenvalue weighted by Gasteiger charge is -2.08. The fourth-order valence-corrected chi connectivity index (χ4v) is 3.32. The van der Waals surface area contributed by atoms with Crippen LogP contribution in [0.25, 0.3) is 0 Å². The van der Waals surface area contributed by atoms with Gasteiger partial charge < -0.3 is 5.11 Å². The van der Waals surface area contributed by atoms with Crippen LogP contribution >= 0.6 is 0 Å². The van der Waals surface area contributed by atoms with Crippen LogP contribution in [0.5, 0.6) is 0 Å². The van der Waals surface area contributed by atoms with E-state index >= 15 is 0 Å². The number of hydrogen-bond acceptors (Lipinski definition) is 4. The molecule has 2 N–H and O–H groups in total. The van der Waals surface area contributed by atoms with Crippen molar-refractivity contribution in [2.24, 2.45) is 0 Å². The normalized spacial score (nSPS) is 11.2. The Labute approximate surface area is 140 Å². The molecule has 0 radical (unpaired) electrons. The molecule has 2 aromatic rings. The van der Waals surface area contributed by atoms with Crippen LogP contribution in [0, 0.1) is 17.1 Å². The summed E-state index contributed by atoms with van der Waals surface area (Å²) in [5.74, 6) is -1.17. The summed E-state index contributed by atoms with van der Waals surface area (Å²) < 4.78 is 40.2. The van der Waals surface area contributed by atoms with E-state index in [2.05, 4.69) is 4.72 Å². The standard InChI is InChI=1S/C17H17FN2O3S/c18-17-6-5-15(10-19)9-16(17)12-24(22,23)20-8-7-13-1-3-14(11-21)4-2-13/h1-6,9,20-21H,7-8,11-12H2. The highest BCUT2D eigenvalue weighted by atomic mass is 32.2. The molecule has 0 bridgehead atoms. The fraction of sp³-hybridized carbons (Fsp3) is 0.235. The van der Waals surface area contributed by atoms with Gasteiger partial charge >= 0.3 is 0 Å². The quantitative estimate of drug-likeness (QED) is 0.799. The fourth-order valence-electron chi connectivity index (χ4n) is 2.17. The zero-order valence-electron chi connectivity index (χ0n) is 12.9. The Balaban J connectivity index is 1.95. The largest absolute Gasteiger partial charge is 0.392 e. The molecule has 0 unspecified atom stereocenters. The smallest absolute Gasteiger partial charge is 0.215 e. The number of benzene rings is 2. The summed E-state index contributed by atoms with van der Waals surface area (Å²) >= 11 is 0. The van der Waals surface area contributed by atoms with Crippen molar-refractivity contribution >= 4 is 10.0 Å². The highest BCUT2D eigenvalue weighted by molar-refractivity contribution is 7.88. The maximum Gasteiger partial charge on any atom is 0.215 e. The minimum atomic E-state index is -3.70. The molecule has 24 heavy (non-hydrogen) atoms. The molecule has 0 aromatic heterocycles. The zero-order valence-corrected chi connectivity index (χ0v) is 13.7. The van der Waals surface area contributed by atoms with E-state index in [9.17, 15) is 12.8 Å². The maximum absolute atomic E-state index is 13.7. The molecule has 0 spiro atoms. The van der Waals surface area contributed by atoms with E-state index in [1.807, 2.05) is 18.2 Å². The van der Waals surface area contributed by atoms with E-state index in [0.717, 1.165) is 17.2 Å². The van der Waals surface area contributed by atoms with E-state index in [-0.39, 0.29) is 24.3 Å². The lowest BCUT2D eigenvalue weighted by Crippen LogP contribution is -2.27. The molecule has 0 aliphatic rings. The average Bonchev–Trinajstić information content (AvgIpc) is 2.57. The second-order valence-corrected chi connectivity index (χ2v) is 7.10. The number of hydrogen-bond donors (Lipinski definition) is 2.